The minimum atomic E-state index is -4.62. The van der Waals surface area contributed by atoms with Crippen LogP contribution in [0.15, 0.2) is 0 Å². The fraction of sp³-hybridized carbons (Fsp3) is 1.00. The Morgan fingerprint density at radius 1 is 1.50 bits per heavy atom. The van der Waals surface area contributed by atoms with Gasteiger partial charge in [-0.25, -0.2) is 4.57 Å². The number of hydrogen-bond acceptors (Lipinski definition) is 5. The second-order valence-corrected chi connectivity index (χ2v) is 4.75. The average molecular weight is 252 g/mol. The van der Waals surface area contributed by atoms with Crippen LogP contribution >= 0.6 is 7.82 Å². The Bertz CT molecular complexity index is 282. The first kappa shape index (κ1) is 14.1. The molecule has 1 fully saturated rings. The molecule has 0 aliphatic carbocycles. The van der Waals surface area contributed by atoms with Crippen LogP contribution in [-0.2, 0) is 18.6 Å². The molecule has 1 saturated heterocycles. The molecule has 0 bridgehead atoms. The van der Waals surface area contributed by atoms with E-state index in [-0.39, 0.29) is 0 Å². The maximum atomic E-state index is 10.6. The number of rotatable bonds is 4. The Hall–Kier alpha value is 0.0549. The van der Waals surface area contributed by atoms with Gasteiger partial charge in [-0.2, -0.15) is 0 Å². The Morgan fingerprint density at radius 3 is 2.44 bits per heavy atom. The summed E-state index contributed by atoms with van der Waals surface area (Å²) in [6, 6.07) is -0.854. The Balaban J connectivity index is 2.65. The van der Waals surface area contributed by atoms with Gasteiger partial charge in [-0.05, 0) is 6.92 Å². The predicted octanol–water partition coefficient (Wildman–Crippen LogP) is -1.25. The molecule has 0 aromatic rings. The van der Waals surface area contributed by atoms with Gasteiger partial charge in [-0.3, -0.25) is 4.52 Å². The molecule has 1 heterocycles. The van der Waals surface area contributed by atoms with Crippen molar-refractivity contribution in [3.63, 3.8) is 0 Å². The first-order valence-corrected chi connectivity index (χ1v) is 6.15. The lowest BCUT2D eigenvalue weighted by Crippen LogP contribution is -2.39. The van der Waals surface area contributed by atoms with Crippen molar-refractivity contribution >= 4 is 15.7 Å². The number of hydrogen-bond donors (Lipinski definition) is 3. The monoisotopic (exact) mass is 252 g/mol. The number of ether oxygens (including phenoxy) is 2. The van der Waals surface area contributed by atoms with E-state index in [9.17, 15) is 9.67 Å². The highest BCUT2D eigenvalue weighted by Crippen LogP contribution is 2.40. The minimum Gasteiger partial charge on any atom is -0.388 e. The average Bonchev–Trinajstić information content (AvgIpc) is 2.38. The molecule has 1 aliphatic heterocycles. The maximum Gasteiger partial charge on any atom is 0.469 e. The van der Waals surface area contributed by atoms with E-state index in [1.807, 2.05) is 0 Å². The van der Waals surface area contributed by atoms with Gasteiger partial charge in [0.25, 0.3) is 0 Å². The molecule has 0 amide bonds. The summed E-state index contributed by atoms with van der Waals surface area (Å²) in [6.45, 7) is 1.37. The summed E-state index contributed by atoms with van der Waals surface area (Å²) in [4.78, 5) is 17.2. The van der Waals surface area contributed by atoms with E-state index in [1.54, 1.807) is 0 Å². The Kier molecular flexibility index (Phi) is 4.53. The van der Waals surface area contributed by atoms with E-state index in [2.05, 4.69) is 4.52 Å². The zero-order valence-electron chi connectivity index (χ0n) is 8.89. The van der Waals surface area contributed by atoms with Crippen molar-refractivity contribution in [1.82, 2.24) is 0 Å². The molecule has 0 spiro atoms. The van der Waals surface area contributed by atoms with Crippen LogP contribution in [-0.4, -0.2) is 60.3 Å². The molecule has 16 heavy (non-hydrogen) atoms. The zero-order valence-corrected chi connectivity index (χ0v) is 9.78. The van der Waals surface area contributed by atoms with Gasteiger partial charge in [0.15, 0.2) is 0 Å². The van der Waals surface area contributed by atoms with Gasteiger partial charge >= 0.3 is 7.82 Å². The van der Waals surface area contributed by atoms with Crippen LogP contribution in [0.5, 0.6) is 0 Å². The lowest BCUT2D eigenvalue weighted by atomic mass is 9.92. The fourth-order valence-electron chi connectivity index (χ4n) is 1.66. The van der Waals surface area contributed by atoms with Gasteiger partial charge in [0, 0.05) is 13.1 Å². The number of methoxy groups -OCH3 is 1. The smallest absolute Gasteiger partial charge is 0.388 e. The second kappa shape index (κ2) is 5.14. The van der Waals surface area contributed by atoms with E-state index in [0.29, 0.717) is 0 Å². The van der Waals surface area contributed by atoms with Gasteiger partial charge in [-0.15, -0.1) is 0 Å². The van der Waals surface area contributed by atoms with Crippen LogP contribution < -0.4 is 0 Å². The van der Waals surface area contributed by atoms with Gasteiger partial charge < -0.3 is 24.4 Å². The number of phosphoric ester groups is 1. The molecule has 92 valence electrons. The lowest BCUT2D eigenvalue weighted by Gasteiger charge is -2.23. The van der Waals surface area contributed by atoms with Crippen molar-refractivity contribution in [3.05, 3.63) is 0 Å². The van der Waals surface area contributed by atoms with E-state index in [1.165, 1.54) is 14.0 Å². The van der Waals surface area contributed by atoms with Crippen molar-refractivity contribution in [3.8, 4) is 0 Å². The molecule has 0 aromatic carbocycles. The SMILES string of the molecule is [B][C@@H]1O[C@H](C(C)OP(=O)(O)O)[C@@H](O)[C@H]1OC. The van der Waals surface area contributed by atoms with E-state index in [4.69, 9.17) is 27.1 Å². The van der Waals surface area contributed by atoms with E-state index in [0.717, 1.165) is 0 Å². The molecule has 2 radical (unpaired) electrons. The third-order valence-corrected chi connectivity index (χ3v) is 2.96. The molecular formula is C7H14BO7P. The molecule has 0 saturated carbocycles. The molecule has 0 aromatic heterocycles. The Morgan fingerprint density at radius 2 is 2.06 bits per heavy atom. The number of aliphatic hydroxyl groups is 1. The quantitative estimate of drug-likeness (QED) is 0.424. The topological polar surface area (TPSA) is 105 Å². The summed E-state index contributed by atoms with van der Waals surface area (Å²) in [5.41, 5.74) is 0. The predicted molar refractivity (Wildman–Crippen MR) is 53.8 cm³/mol. The van der Waals surface area contributed by atoms with Gasteiger partial charge in [0.1, 0.15) is 26.2 Å². The highest BCUT2D eigenvalue weighted by atomic mass is 31.2. The van der Waals surface area contributed by atoms with Crippen LogP contribution in [0, 0.1) is 0 Å². The van der Waals surface area contributed by atoms with E-state index >= 15 is 0 Å². The third-order valence-electron chi connectivity index (χ3n) is 2.35. The van der Waals surface area contributed by atoms with Crippen LogP contribution in [0.25, 0.3) is 0 Å². The standard InChI is InChI=1S/C7H14BO7P/c1-3(15-16(10,11)12)5-4(9)6(13-2)7(8)14-5/h3-7,9H,1-2H3,(H2,10,11,12)/t3?,4-,5-,6-,7-/m1/s1. The van der Waals surface area contributed by atoms with Crippen molar-refractivity contribution in [2.45, 2.75) is 37.3 Å². The van der Waals surface area contributed by atoms with Crippen molar-refractivity contribution < 1.29 is 33.5 Å². The van der Waals surface area contributed by atoms with E-state index < -0.39 is 38.2 Å². The molecule has 1 rings (SSSR count). The van der Waals surface area contributed by atoms with Gasteiger partial charge in [-0.1, -0.05) is 0 Å². The molecule has 9 heteroatoms. The summed E-state index contributed by atoms with van der Waals surface area (Å²) >= 11 is 0. The normalized spacial score (nSPS) is 37.6. The molecule has 7 nitrogen and oxygen atoms in total. The molecule has 3 N–H and O–H groups in total. The first-order valence-electron chi connectivity index (χ1n) is 4.62. The highest BCUT2D eigenvalue weighted by Gasteiger charge is 2.45. The zero-order chi connectivity index (χ0) is 12.5. The van der Waals surface area contributed by atoms with Crippen LogP contribution in [0.2, 0.25) is 0 Å². The first-order chi connectivity index (χ1) is 7.26. The third kappa shape index (κ3) is 3.27. The fourth-order valence-corrected chi connectivity index (χ4v) is 2.21. The minimum absolute atomic E-state index is 0.743. The summed E-state index contributed by atoms with van der Waals surface area (Å²) in [5.74, 6) is 0. The van der Waals surface area contributed by atoms with Crippen LogP contribution in [0.1, 0.15) is 6.92 Å². The molecule has 5 atom stereocenters. The molecule has 1 unspecified atom stereocenters. The Labute approximate surface area is 94.3 Å². The van der Waals surface area contributed by atoms with Crippen molar-refractivity contribution in [1.29, 1.82) is 0 Å². The summed E-state index contributed by atoms with van der Waals surface area (Å²) in [7, 11) is 2.25. The summed E-state index contributed by atoms with van der Waals surface area (Å²) in [6.07, 6.45) is -3.77. The highest BCUT2D eigenvalue weighted by molar-refractivity contribution is 7.46. The molecule has 1 aliphatic rings. The van der Waals surface area contributed by atoms with Crippen LogP contribution in [0.3, 0.4) is 0 Å². The second-order valence-electron chi connectivity index (χ2n) is 3.56. The van der Waals surface area contributed by atoms with Crippen molar-refractivity contribution in [2.75, 3.05) is 7.11 Å². The maximum absolute atomic E-state index is 10.6. The largest absolute Gasteiger partial charge is 0.469 e. The van der Waals surface area contributed by atoms with Crippen LogP contribution in [0.4, 0.5) is 0 Å². The van der Waals surface area contributed by atoms with Gasteiger partial charge in [0.2, 0.25) is 0 Å². The number of aliphatic hydroxyl groups excluding tert-OH is 1. The summed E-state index contributed by atoms with van der Waals surface area (Å²) in [5, 5.41) is 9.72. The van der Waals surface area contributed by atoms with Gasteiger partial charge in [0.05, 0.1) is 6.10 Å². The number of phosphoric acid groups is 1. The van der Waals surface area contributed by atoms with Crippen molar-refractivity contribution in [2.24, 2.45) is 0 Å². The lowest BCUT2D eigenvalue weighted by molar-refractivity contribution is -0.0469. The summed E-state index contributed by atoms with van der Waals surface area (Å²) < 4.78 is 25.0. The molecular weight excluding hydrogens is 238 g/mol.